The summed E-state index contributed by atoms with van der Waals surface area (Å²) in [5, 5.41) is 24.8. The second-order valence-corrected chi connectivity index (χ2v) is 10.5. The van der Waals surface area contributed by atoms with E-state index in [1.165, 1.54) is 0 Å². The molecule has 0 aliphatic heterocycles. The van der Waals surface area contributed by atoms with E-state index >= 15 is 0 Å². The van der Waals surface area contributed by atoms with Crippen LogP contribution in [0.15, 0.2) is 103 Å². The first-order chi connectivity index (χ1) is 22.9. The molecule has 12 heteroatoms. The lowest BCUT2D eigenvalue weighted by molar-refractivity contribution is 0.0919. The number of amides is 2. The molecule has 4 aromatic carbocycles. The smallest absolute Gasteiger partial charge is 0.251 e. The number of aryl methyl sites for hydroxylation is 1. The Kier molecular flexibility index (Phi) is 11.3. The molecule has 0 fully saturated rings. The van der Waals surface area contributed by atoms with Crippen LogP contribution in [0.1, 0.15) is 31.8 Å². The fraction of sp³-hybridized carbons (Fsp3) is 0.171. The van der Waals surface area contributed by atoms with Gasteiger partial charge in [0.25, 0.3) is 11.8 Å². The Morgan fingerprint density at radius 3 is 1.81 bits per heavy atom. The summed E-state index contributed by atoms with van der Waals surface area (Å²) in [7, 11) is 0. The predicted octanol–water partition coefficient (Wildman–Crippen LogP) is 5.16. The second kappa shape index (κ2) is 16.3. The highest BCUT2D eigenvalue weighted by atomic mass is 16.5. The van der Waals surface area contributed by atoms with Crippen molar-refractivity contribution < 1.29 is 19.4 Å². The fourth-order valence-corrected chi connectivity index (χ4v) is 4.34. The number of hydrogen-bond donors (Lipinski definition) is 6. The Morgan fingerprint density at radius 2 is 1.17 bits per heavy atom. The third-order valence-electron chi connectivity index (χ3n) is 6.83. The molecule has 12 nitrogen and oxygen atoms in total. The molecule has 0 unspecified atom stereocenters. The van der Waals surface area contributed by atoms with E-state index in [1.807, 2.05) is 49.4 Å². The first-order valence-electron chi connectivity index (χ1n) is 15.1. The number of aromatic nitrogens is 3. The van der Waals surface area contributed by atoms with Gasteiger partial charge in [-0.2, -0.15) is 15.0 Å². The van der Waals surface area contributed by atoms with E-state index in [4.69, 9.17) is 4.74 Å². The number of nitrogens with zero attached hydrogens (tertiary/aromatic N) is 3. The monoisotopic (exact) mass is 632 g/mol. The van der Waals surface area contributed by atoms with Crippen LogP contribution in [-0.2, 0) is 11.3 Å². The number of carbonyl (C=O) groups excluding carboxylic acids is 2. The standard InChI is InChI=1S/C35H36N8O4/c1-24-7-9-26(10-8-24)31(45)36-19-21-47-22-20-37-33-41-34(43-35(42-33)40-29-15-17-30(44)18-16-29)39-28-13-11-27(12-14-28)32(46)38-23-25-5-3-2-4-6-25/h2-18,44H,19-23H2,1H3,(H,36,45)(H,38,46)(H3,37,39,40,41,42,43). The molecule has 0 radical (unpaired) electrons. The lowest BCUT2D eigenvalue weighted by atomic mass is 10.1. The van der Waals surface area contributed by atoms with Gasteiger partial charge in [0.15, 0.2) is 0 Å². The van der Waals surface area contributed by atoms with Gasteiger partial charge in [-0.1, -0.05) is 48.0 Å². The van der Waals surface area contributed by atoms with Crippen LogP contribution in [0.3, 0.4) is 0 Å². The van der Waals surface area contributed by atoms with Crippen LogP contribution in [0, 0.1) is 6.92 Å². The van der Waals surface area contributed by atoms with Crippen molar-refractivity contribution in [3.05, 3.63) is 125 Å². The second-order valence-electron chi connectivity index (χ2n) is 10.5. The zero-order valence-electron chi connectivity index (χ0n) is 25.9. The number of phenolic OH excluding ortho intramolecular Hbond substituents is 1. The van der Waals surface area contributed by atoms with Gasteiger partial charge in [0.1, 0.15) is 5.75 Å². The minimum Gasteiger partial charge on any atom is -0.508 e. The Bertz CT molecular complexity index is 1750. The Balaban J connectivity index is 1.15. The van der Waals surface area contributed by atoms with Crippen LogP contribution in [0.4, 0.5) is 29.2 Å². The number of hydrogen-bond acceptors (Lipinski definition) is 10. The Morgan fingerprint density at radius 1 is 0.638 bits per heavy atom. The van der Waals surface area contributed by atoms with E-state index in [0.29, 0.717) is 61.3 Å². The van der Waals surface area contributed by atoms with Gasteiger partial charge < -0.3 is 36.4 Å². The number of carbonyl (C=O) groups is 2. The molecule has 5 rings (SSSR count). The summed E-state index contributed by atoms with van der Waals surface area (Å²) in [4.78, 5) is 38.3. The first kappa shape index (κ1) is 32.4. The van der Waals surface area contributed by atoms with Crippen molar-refractivity contribution in [3.8, 4) is 5.75 Å². The number of anilines is 5. The zero-order valence-corrected chi connectivity index (χ0v) is 25.9. The number of phenols is 1. The van der Waals surface area contributed by atoms with E-state index in [9.17, 15) is 14.7 Å². The van der Waals surface area contributed by atoms with Crippen LogP contribution in [0.25, 0.3) is 0 Å². The number of rotatable bonds is 15. The predicted molar refractivity (Wildman–Crippen MR) is 181 cm³/mol. The van der Waals surface area contributed by atoms with Gasteiger partial charge in [0, 0.05) is 42.1 Å². The van der Waals surface area contributed by atoms with Crippen LogP contribution in [0.2, 0.25) is 0 Å². The highest BCUT2D eigenvalue weighted by Gasteiger charge is 2.10. The number of ether oxygens (including phenoxy) is 1. The first-order valence-corrected chi connectivity index (χ1v) is 15.1. The van der Waals surface area contributed by atoms with Crippen molar-refractivity contribution in [1.82, 2.24) is 25.6 Å². The molecule has 1 aromatic heterocycles. The minimum absolute atomic E-state index is 0.141. The molecule has 0 atom stereocenters. The zero-order chi connectivity index (χ0) is 32.8. The van der Waals surface area contributed by atoms with Gasteiger partial charge in [-0.05, 0) is 73.2 Å². The van der Waals surface area contributed by atoms with Crippen molar-refractivity contribution in [2.75, 3.05) is 42.3 Å². The van der Waals surface area contributed by atoms with E-state index in [1.54, 1.807) is 60.7 Å². The number of nitrogens with one attached hydrogen (secondary N) is 5. The van der Waals surface area contributed by atoms with Gasteiger partial charge in [-0.3, -0.25) is 9.59 Å². The molecule has 0 saturated carbocycles. The van der Waals surface area contributed by atoms with Crippen molar-refractivity contribution in [1.29, 1.82) is 0 Å². The van der Waals surface area contributed by atoms with Gasteiger partial charge in [0.05, 0.1) is 13.2 Å². The topological polar surface area (TPSA) is 162 Å². The van der Waals surface area contributed by atoms with Crippen LogP contribution in [0.5, 0.6) is 5.75 Å². The molecule has 0 spiro atoms. The molecule has 0 saturated heterocycles. The molecular weight excluding hydrogens is 596 g/mol. The average molecular weight is 633 g/mol. The van der Waals surface area contributed by atoms with Gasteiger partial charge in [0.2, 0.25) is 17.8 Å². The van der Waals surface area contributed by atoms with Crippen molar-refractivity contribution >= 4 is 41.0 Å². The van der Waals surface area contributed by atoms with E-state index in [0.717, 1.165) is 11.1 Å². The molecule has 1 heterocycles. The lowest BCUT2D eigenvalue weighted by Gasteiger charge is -2.12. The number of benzene rings is 4. The van der Waals surface area contributed by atoms with Gasteiger partial charge in [-0.15, -0.1) is 0 Å². The molecule has 0 aliphatic rings. The minimum atomic E-state index is -0.177. The largest absolute Gasteiger partial charge is 0.508 e. The maximum atomic E-state index is 12.6. The highest BCUT2D eigenvalue weighted by molar-refractivity contribution is 5.94. The third kappa shape index (κ3) is 10.3. The fourth-order valence-electron chi connectivity index (χ4n) is 4.34. The summed E-state index contributed by atoms with van der Waals surface area (Å²) in [6, 6.07) is 30.6. The Hall–Kier alpha value is -6.01. The molecule has 6 N–H and O–H groups in total. The SMILES string of the molecule is Cc1ccc(C(=O)NCCOCCNc2nc(Nc3ccc(O)cc3)nc(Nc3ccc(C(=O)NCc4ccccc4)cc3)n2)cc1. The van der Waals surface area contributed by atoms with Crippen molar-refractivity contribution in [2.24, 2.45) is 0 Å². The summed E-state index contributed by atoms with van der Waals surface area (Å²) in [5.41, 5.74) is 4.59. The molecule has 0 aliphatic carbocycles. The summed E-state index contributed by atoms with van der Waals surface area (Å²) in [6.45, 7) is 3.88. The summed E-state index contributed by atoms with van der Waals surface area (Å²) in [6.07, 6.45) is 0. The van der Waals surface area contributed by atoms with Crippen LogP contribution in [-0.4, -0.2) is 58.2 Å². The summed E-state index contributed by atoms with van der Waals surface area (Å²) < 4.78 is 5.66. The van der Waals surface area contributed by atoms with Gasteiger partial charge in [-0.25, -0.2) is 0 Å². The van der Waals surface area contributed by atoms with Crippen LogP contribution < -0.4 is 26.6 Å². The molecule has 240 valence electrons. The normalized spacial score (nSPS) is 10.6. The summed E-state index contributed by atoms with van der Waals surface area (Å²) >= 11 is 0. The quantitative estimate of drug-likeness (QED) is 0.0671. The molecule has 0 bridgehead atoms. The van der Waals surface area contributed by atoms with Crippen molar-refractivity contribution in [2.45, 2.75) is 13.5 Å². The maximum absolute atomic E-state index is 12.6. The summed E-state index contributed by atoms with van der Waals surface area (Å²) in [5.74, 6) is 0.659. The van der Waals surface area contributed by atoms with E-state index in [-0.39, 0.29) is 29.5 Å². The van der Waals surface area contributed by atoms with Crippen LogP contribution >= 0.6 is 0 Å². The molecule has 2 amide bonds. The third-order valence-corrected chi connectivity index (χ3v) is 6.83. The van der Waals surface area contributed by atoms with Gasteiger partial charge >= 0.3 is 0 Å². The molecule has 5 aromatic rings. The Labute approximate surface area is 272 Å². The highest BCUT2D eigenvalue weighted by Crippen LogP contribution is 2.21. The average Bonchev–Trinajstić information content (AvgIpc) is 3.09. The van der Waals surface area contributed by atoms with Crippen molar-refractivity contribution in [3.63, 3.8) is 0 Å². The lowest BCUT2D eigenvalue weighted by Crippen LogP contribution is -2.27. The molecule has 47 heavy (non-hydrogen) atoms. The molecular formula is C35H36N8O4. The number of aromatic hydroxyl groups is 1. The maximum Gasteiger partial charge on any atom is 0.251 e. The van der Waals surface area contributed by atoms with E-state index in [2.05, 4.69) is 41.5 Å². The van der Waals surface area contributed by atoms with E-state index < -0.39 is 0 Å².